The molecule has 4 nitrogen and oxygen atoms in total. The van der Waals surface area contributed by atoms with E-state index in [4.69, 9.17) is 39.5 Å². The molecule has 236 valence electrons. The molecular weight excluding hydrogens is 627 g/mol. The zero-order valence-electron chi connectivity index (χ0n) is 26.3. The Balaban J connectivity index is 0.000000189. The van der Waals surface area contributed by atoms with Gasteiger partial charge in [0.2, 0.25) is 0 Å². The average molecular weight is 666 g/mol. The molecule has 7 heteroatoms. The first-order chi connectivity index (χ1) is 21.1. The first-order valence-corrected chi connectivity index (χ1v) is 15.6. The molecule has 0 aliphatic heterocycles. The van der Waals surface area contributed by atoms with Crippen LogP contribution >= 0.6 is 34.8 Å². The maximum absolute atomic E-state index is 10.1. The Bertz CT molecular complexity index is 1660. The molecule has 0 aromatic heterocycles. The summed E-state index contributed by atoms with van der Waals surface area (Å²) in [6.45, 7) is 12.4. The number of halogens is 3. The Labute approximate surface area is 281 Å². The Morgan fingerprint density at radius 2 is 1.22 bits per heavy atom. The van der Waals surface area contributed by atoms with Crippen LogP contribution in [0.2, 0.25) is 15.1 Å². The largest absolute Gasteiger partial charge is 0.508 e. The van der Waals surface area contributed by atoms with Crippen molar-refractivity contribution < 1.29 is 20.1 Å². The number of aromatic hydroxyl groups is 3. The lowest BCUT2D eigenvalue weighted by atomic mass is 9.85. The van der Waals surface area contributed by atoms with Gasteiger partial charge in [0.1, 0.15) is 17.2 Å². The SMILES string of the molecule is CC(C)(C)c1ccc(-c2ccccc2)cc1O.Cc1ccc(C(C)C)c(O)c1.Oc1cc(Cl)ccc1Oc1ccc(Cl)cc1Cl. The van der Waals surface area contributed by atoms with Crippen molar-refractivity contribution in [2.75, 3.05) is 0 Å². The van der Waals surface area contributed by atoms with Gasteiger partial charge in [0, 0.05) is 16.1 Å². The van der Waals surface area contributed by atoms with Gasteiger partial charge in [-0.2, -0.15) is 0 Å². The van der Waals surface area contributed by atoms with Crippen molar-refractivity contribution in [2.45, 2.75) is 52.9 Å². The molecule has 0 fully saturated rings. The molecule has 0 heterocycles. The Morgan fingerprint density at radius 3 is 1.76 bits per heavy atom. The molecule has 0 saturated carbocycles. The second-order valence-electron chi connectivity index (χ2n) is 11.9. The summed E-state index contributed by atoms with van der Waals surface area (Å²) in [4.78, 5) is 0. The first-order valence-electron chi connectivity index (χ1n) is 14.5. The van der Waals surface area contributed by atoms with Crippen LogP contribution in [0.5, 0.6) is 28.7 Å². The first kappa shape index (κ1) is 35.6. The number of rotatable bonds is 4. The summed E-state index contributed by atoms with van der Waals surface area (Å²) in [6, 6.07) is 31.2. The molecule has 0 spiro atoms. The summed E-state index contributed by atoms with van der Waals surface area (Å²) in [5, 5.41) is 30.5. The Hall–Kier alpha value is -3.83. The minimum Gasteiger partial charge on any atom is -0.508 e. The highest BCUT2D eigenvalue weighted by atomic mass is 35.5. The zero-order chi connectivity index (χ0) is 33.3. The van der Waals surface area contributed by atoms with Crippen molar-refractivity contribution in [2.24, 2.45) is 0 Å². The maximum atomic E-state index is 10.1. The van der Waals surface area contributed by atoms with Gasteiger partial charge in [-0.05, 0) is 88.5 Å². The fraction of sp³-hybridized carbons (Fsp3) is 0.211. The van der Waals surface area contributed by atoms with Crippen molar-refractivity contribution in [3.05, 3.63) is 135 Å². The Kier molecular flexibility index (Phi) is 12.6. The minimum absolute atomic E-state index is 0.0285. The van der Waals surface area contributed by atoms with Crippen molar-refractivity contribution >= 4 is 34.8 Å². The van der Waals surface area contributed by atoms with E-state index in [-0.39, 0.29) is 16.9 Å². The van der Waals surface area contributed by atoms with Crippen LogP contribution in [-0.4, -0.2) is 15.3 Å². The second-order valence-corrected chi connectivity index (χ2v) is 13.1. The summed E-state index contributed by atoms with van der Waals surface area (Å²) >= 11 is 17.4. The van der Waals surface area contributed by atoms with Gasteiger partial charge in [0.25, 0.3) is 0 Å². The molecule has 0 aliphatic rings. The lowest BCUT2D eigenvalue weighted by Crippen LogP contribution is -2.11. The van der Waals surface area contributed by atoms with Crippen molar-refractivity contribution in [1.29, 1.82) is 0 Å². The van der Waals surface area contributed by atoms with Crippen LogP contribution in [-0.2, 0) is 5.41 Å². The molecule has 0 unspecified atom stereocenters. The zero-order valence-corrected chi connectivity index (χ0v) is 28.5. The van der Waals surface area contributed by atoms with Gasteiger partial charge in [-0.1, -0.05) is 124 Å². The topological polar surface area (TPSA) is 69.9 Å². The average Bonchev–Trinajstić information content (AvgIpc) is 2.96. The van der Waals surface area contributed by atoms with Gasteiger partial charge in [-0.25, -0.2) is 0 Å². The molecule has 3 N–H and O–H groups in total. The van der Waals surface area contributed by atoms with E-state index in [1.165, 1.54) is 6.07 Å². The van der Waals surface area contributed by atoms with Crippen LogP contribution in [0, 0.1) is 6.92 Å². The number of hydrogen-bond acceptors (Lipinski definition) is 4. The third-order valence-corrected chi connectivity index (χ3v) is 7.52. The summed E-state index contributed by atoms with van der Waals surface area (Å²) in [7, 11) is 0. The molecule has 0 aliphatic carbocycles. The van der Waals surface area contributed by atoms with E-state index in [2.05, 4.69) is 40.7 Å². The third-order valence-electron chi connectivity index (χ3n) is 6.76. The summed E-state index contributed by atoms with van der Waals surface area (Å²) in [5.74, 6) is 1.82. The van der Waals surface area contributed by atoms with Gasteiger partial charge in [0.15, 0.2) is 11.5 Å². The molecular formula is C38H39Cl3O4. The molecule has 0 amide bonds. The normalized spacial score (nSPS) is 10.8. The summed E-state index contributed by atoms with van der Waals surface area (Å²) in [6.07, 6.45) is 0. The molecule has 0 saturated heterocycles. The van der Waals surface area contributed by atoms with Crippen molar-refractivity contribution in [3.63, 3.8) is 0 Å². The van der Waals surface area contributed by atoms with Crippen LogP contribution in [0.1, 0.15) is 57.2 Å². The van der Waals surface area contributed by atoms with Gasteiger partial charge in [0.05, 0.1) is 5.02 Å². The lowest BCUT2D eigenvalue weighted by Gasteiger charge is -2.20. The number of phenols is 3. The summed E-state index contributed by atoms with van der Waals surface area (Å²) in [5.41, 5.74) is 5.26. The molecule has 0 radical (unpaired) electrons. The highest BCUT2D eigenvalue weighted by Gasteiger charge is 2.18. The number of ether oxygens (including phenoxy) is 1. The number of hydrogen-bond donors (Lipinski definition) is 3. The van der Waals surface area contributed by atoms with E-state index in [1.807, 2.05) is 61.5 Å². The smallest absolute Gasteiger partial charge is 0.169 e. The predicted octanol–water partition coefficient (Wildman–Crippen LogP) is 12.3. The molecule has 5 aromatic carbocycles. The molecule has 5 rings (SSSR count). The fourth-order valence-electron chi connectivity index (χ4n) is 4.37. The van der Waals surface area contributed by atoms with E-state index in [9.17, 15) is 15.3 Å². The van der Waals surface area contributed by atoms with Crippen molar-refractivity contribution in [3.8, 4) is 39.9 Å². The molecule has 45 heavy (non-hydrogen) atoms. The van der Waals surface area contributed by atoms with Crippen LogP contribution in [0.3, 0.4) is 0 Å². The number of benzene rings is 5. The van der Waals surface area contributed by atoms with E-state index in [1.54, 1.807) is 36.4 Å². The van der Waals surface area contributed by atoms with Gasteiger partial charge in [-0.15, -0.1) is 0 Å². The fourth-order valence-corrected chi connectivity index (χ4v) is 4.98. The van der Waals surface area contributed by atoms with E-state index in [0.29, 0.717) is 38.2 Å². The van der Waals surface area contributed by atoms with E-state index in [0.717, 1.165) is 27.8 Å². The Morgan fingerprint density at radius 1 is 0.600 bits per heavy atom. The van der Waals surface area contributed by atoms with Crippen molar-refractivity contribution in [1.82, 2.24) is 0 Å². The van der Waals surface area contributed by atoms with Gasteiger partial charge >= 0.3 is 0 Å². The monoisotopic (exact) mass is 664 g/mol. The lowest BCUT2D eigenvalue weighted by molar-refractivity contribution is 0.411. The predicted molar refractivity (Wildman–Crippen MR) is 189 cm³/mol. The third kappa shape index (κ3) is 10.6. The standard InChI is InChI=1S/C16H18O.C12H7Cl3O2.C10H14O/c1-16(2,3)14-10-9-13(11-15(14)17)12-7-5-4-6-8-12;13-7-1-3-11(9(15)5-7)17-12-4-2-8(14)6-10(12)16;1-7(2)9-5-4-8(3)6-10(9)11/h4-11,17H,1-3H3;1-6,16H;4-7,11H,1-3H3. The molecule has 0 atom stereocenters. The van der Waals surface area contributed by atoms with Gasteiger partial charge in [-0.3, -0.25) is 0 Å². The number of aryl methyl sites for hydroxylation is 1. The van der Waals surface area contributed by atoms with E-state index >= 15 is 0 Å². The number of phenolic OH excluding ortho intramolecular Hbond substituents is 3. The van der Waals surface area contributed by atoms with Crippen LogP contribution in [0.25, 0.3) is 11.1 Å². The van der Waals surface area contributed by atoms with Crippen LogP contribution in [0.15, 0.2) is 103 Å². The quantitative estimate of drug-likeness (QED) is 0.179. The highest BCUT2D eigenvalue weighted by Crippen LogP contribution is 2.37. The van der Waals surface area contributed by atoms with Crippen LogP contribution < -0.4 is 4.74 Å². The highest BCUT2D eigenvalue weighted by molar-refractivity contribution is 6.35. The summed E-state index contributed by atoms with van der Waals surface area (Å²) < 4.78 is 5.45. The maximum Gasteiger partial charge on any atom is 0.169 e. The van der Waals surface area contributed by atoms with Gasteiger partial charge < -0.3 is 20.1 Å². The van der Waals surface area contributed by atoms with E-state index < -0.39 is 0 Å². The van der Waals surface area contributed by atoms with Crippen LogP contribution in [0.4, 0.5) is 0 Å². The molecule has 5 aromatic rings. The molecule has 0 bridgehead atoms. The minimum atomic E-state index is -0.0523. The second kappa shape index (κ2) is 15.9.